The Balaban J connectivity index is 1.56. The normalized spacial score (nSPS) is 13.6. The molecule has 2 aromatic heterocycles. The molecule has 0 bridgehead atoms. The van der Waals surface area contributed by atoms with E-state index in [2.05, 4.69) is 15.1 Å². The van der Waals surface area contributed by atoms with Crippen LogP contribution in [-0.4, -0.2) is 40.8 Å². The van der Waals surface area contributed by atoms with Gasteiger partial charge in [0.05, 0.1) is 6.54 Å². The molecule has 116 valence electrons. The predicted molar refractivity (Wildman–Crippen MR) is 75.4 cm³/mol. The van der Waals surface area contributed by atoms with Gasteiger partial charge in [0.2, 0.25) is 5.88 Å². The fourth-order valence-corrected chi connectivity index (χ4v) is 2.11. The quantitative estimate of drug-likeness (QED) is 0.812. The Morgan fingerprint density at radius 3 is 3.23 bits per heavy atom. The largest absolute Gasteiger partial charge is 0.474 e. The molecule has 22 heavy (non-hydrogen) atoms. The van der Waals surface area contributed by atoms with Crippen LogP contribution in [0, 0.1) is 0 Å². The van der Waals surface area contributed by atoms with Crippen LogP contribution in [0.2, 0.25) is 0 Å². The maximum Gasteiger partial charge on any atom is 0.253 e. The summed E-state index contributed by atoms with van der Waals surface area (Å²) in [7, 11) is 0. The molecule has 0 spiro atoms. The SMILES string of the molecule is CCc1noc(COCC(=O)N2CCOc3ncccc32)n1. The van der Waals surface area contributed by atoms with E-state index in [-0.39, 0.29) is 19.1 Å². The van der Waals surface area contributed by atoms with Crippen LogP contribution in [0.5, 0.6) is 5.88 Å². The van der Waals surface area contributed by atoms with Crippen LogP contribution in [0.4, 0.5) is 5.69 Å². The molecule has 1 aliphatic heterocycles. The van der Waals surface area contributed by atoms with Crippen molar-refractivity contribution in [2.45, 2.75) is 20.0 Å². The molecule has 0 atom stereocenters. The highest BCUT2D eigenvalue weighted by Gasteiger charge is 2.24. The maximum atomic E-state index is 12.3. The van der Waals surface area contributed by atoms with Gasteiger partial charge in [-0.25, -0.2) is 4.98 Å². The minimum Gasteiger partial charge on any atom is -0.474 e. The zero-order valence-electron chi connectivity index (χ0n) is 12.2. The van der Waals surface area contributed by atoms with Gasteiger partial charge >= 0.3 is 0 Å². The second-order valence-corrected chi connectivity index (χ2v) is 4.67. The van der Waals surface area contributed by atoms with Gasteiger partial charge in [-0.3, -0.25) is 4.79 Å². The molecule has 0 fully saturated rings. The van der Waals surface area contributed by atoms with Crippen LogP contribution in [0.1, 0.15) is 18.6 Å². The third-order valence-electron chi connectivity index (χ3n) is 3.17. The van der Waals surface area contributed by atoms with Crippen LogP contribution in [0.25, 0.3) is 0 Å². The first-order valence-corrected chi connectivity index (χ1v) is 7.05. The molecule has 0 unspecified atom stereocenters. The van der Waals surface area contributed by atoms with Crippen molar-refractivity contribution in [1.82, 2.24) is 15.1 Å². The average molecular weight is 304 g/mol. The molecule has 0 saturated carbocycles. The molecule has 2 aromatic rings. The second-order valence-electron chi connectivity index (χ2n) is 4.67. The van der Waals surface area contributed by atoms with E-state index >= 15 is 0 Å². The number of hydrogen-bond donors (Lipinski definition) is 0. The van der Waals surface area contributed by atoms with Crippen molar-refractivity contribution in [3.05, 3.63) is 30.0 Å². The van der Waals surface area contributed by atoms with Crippen LogP contribution in [0.15, 0.2) is 22.9 Å². The molecular formula is C14H16N4O4. The lowest BCUT2D eigenvalue weighted by Crippen LogP contribution is -2.40. The number of rotatable bonds is 5. The number of carbonyl (C=O) groups excluding carboxylic acids is 1. The first-order chi connectivity index (χ1) is 10.8. The highest BCUT2D eigenvalue weighted by Crippen LogP contribution is 2.28. The van der Waals surface area contributed by atoms with Gasteiger partial charge in [-0.2, -0.15) is 4.98 Å². The molecular weight excluding hydrogens is 288 g/mol. The minimum atomic E-state index is -0.159. The minimum absolute atomic E-state index is 0.0713. The molecule has 0 aromatic carbocycles. The Bertz CT molecular complexity index is 658. The van der Waals surface area contributed by atoms with Crippen molar-refractivity contribution in [3.8, 4) is 5.88 Å². The summed E-state index contributed by atoms with van der Waals surface area (Å²) >= 11 is 0. The molecule has 1 amide bonds. The van der Waals surface area contributed by atoms with Gasteiger partial charge in [0.15, 0.2) is 5.82 Å². The van der Waals surface area contributed by atoms with Crippen molar-refractivity contribution in [2.75, 3.05) is 24.7 Å². The molecule has 8 nitrogen and oxygen atoms in total. The Morgan fingerprint density at radius 2 is 2.41 bits per heavy atom. The van der Waals surface area contributed by atoms with Crippen LogP contribution < -0.4 is 9.64 Å². The summed E-state index contributed by atoms with van der Waals surface area (Å²) in [5, 5.41) is 3.77. The fraction of sp³-hybridized carbons (Fsp3) is 0.429. The van der Waals surface area contributed by atoms with E-state index in [9.17, 15) is 4.79 Å². The molecule has 3 rings (SSSR count). The highest BCUT2D eigenvalue weighted by atomic mass is 16.5. The van der Waals surface area contributed by atoms with Gasteiger partial charge in [0, 0.05) is 12.6 Å². The number of aryl methyl sites for hydroxylation is 1. The van der Waals surface area contributed by atoms with Gasteiger partial charge in [-0.05, 0) is 12.1 Å². The van der Waals surface area contributed by atoms with Crippen LogP contribution in [0.3, 0.4) is 0 Å². The number of anilines is 1. The number of ether oxygens (including phenoxy) is 2. The lowest BCUT2D eigenvalue weighted by Gasteiger charge is -2.28. The predicted octanol–water partition coefficient (Wildman–Crippen LogP) is 0.969. The number of nitrogens with zero attached hydrogens (tertiary/aromatic N) is 4. The standard InChI is InChI=1S/C14H16N4O4/c1-2-11-16-12(22-17-11)8-20-9-13(19)18-6-7-21-14-10(18)4-3-5-15-14/h3-5H,2,6-9H2,1H3. The Labute approximate surface area is 127 Å². The van der Waals surface area contributed by atoms with Gasteiger partial charge in [0.25, 0.3) is 11.8 Å². The van der Waals surface area contributed by atoms with Crippen molar-refractivity contribution >= 4 is 11.6 Å². The van der Waals surface area contributed by atoms with E-state index < -0.39 is 0 Å². The Morgan fingerprint density at radius 1 is 1.50 bits per heavy atom. The number of pyridine rings is 1. The Hall–Kier alpha value is -2.48. The third kappa shape index (κ3) is 3.06. The zero-order valence-corrected chi connectivity index (χ0v) is 12.2. The van der Waals surface area contributed by atoms with E-state index in [0.29, 0.717) is 42.9 Å². The summed E-state index contributed by atoms with van der Waals surface area (Å²) < 4.78 is 15.8. The lowest BCUT2D eigenvalue weighted by molar-refractivity contribution is -0.124. The lowest BCUT2D eigenvalue weighted by atomic mass is 10.3. The smallest absolute Gasteiger partial charge is 0.253 e. The van der Waals surface area contributed by atoms with Gasteiger partial charge in [0.1, 0.15) is 25.5 Å². The monoisotopic (exact) mass is 304 g/mol. The number of amides is 1. The van der Waals surface area contributed by atoms with Crippen molar-refractivity contribution in [2.24, 2.45) is 0 Å². The van der Waals surface area contributed by atoms with Crippen molar-refractivity contribution < 1.29 is 18.8 Å². The van der Waals surface area contributed by atoms with Crippen LogP contribution >= 0.6 is 0 Å². The van der Waals surface area contributed by atoms with E-state index in [1.54, 1.807) is 23.2 Å². The summed E-state index contributed by atoms with van der Waals surface area (Å²) in [5.74, 6) is 1.30. The second kappa shape index (κ2) is 6.52. The summed E-state index contributed by atoms with van der Waals surface area (Å²) in [4.78, 5) is 22.1. The van der Waals surface area contributed by atoms with Gasteiger partial charge in [-0.15, -0.1) is 0 Å². The van der Waals surface area contributed by atoms with E-state index in [4.69, 9.17) is 14.0 Å². The van der Waals surface area contributed by atoms with Gasteiger partial charge < -0.3 is 18.9 Å². The van der Waals surface area contributed by atoms with Crippen molar-refractivity contribution in [1.29, 1.82) is 0 Å². The first-order valence-electron chi connectivity index (χ1n) is 7.05. The topological polar surface area (TPSA) is 90.6 Å². The molecule has 0 radical (unpaired) electrons. The van der Waals surface area contributed by atoms with Gasteiger partial charge in [-0.1, -0.05) is 12.1 Å². The van der Waals surface area contributed by atoms with E-state index in [1.807, 2.05) is 6.92 Å². The molecule has 0 saturated heterocycles. The maximum absolute atomic E-state index is 12.3. The summed E-state index contributed by atoms with van der Waals surface area (Å²) in [5.41, 5.74) is 0.661. The van der Waals surface area contributed by atoms with E-state index in [0.717, 1.165) is 0 Å². The summed E-state index contributed by atoms with van der Waals surface area (Å²) in [6, 6.07) is 3.56. The number of carbonyl (C=O) groups is 1. The van der Waals surface area contributed by atoms with Crippen molar-refractivity contribution in [3.63, 3.8) is 0 Å². The zero-order chi connectivity index (χ0) is 15.4. The molecule has 3 heterocycles. The summed E-state index contributed by atoms with van der Waals surface area (Å²) in [6.45, 7) is 2.87. The number of aromatic nitrogens is 3. The molecule has 0 N–H and O–H groups in total. The summed E-state index contributed by atoms with van der Waals surface area (Å²) in [6.07, 6.45) is 2.32. The van der Waals surface area contributed by atoms with E-state index in [1.165, 1.54) is 0 Å². The fourth-order valence-electron chi connectivity index (χ4n) is 2.11. The Kier molecular flexibility index (Phi) is 4.29. The number of hydrogen-bond acceptors (Lipinski definition) is 7. The highest BCUT2D eigenvalue weighted by molar-refractivity contribution is 5.95. The molecule has 0 aliphatic carbocycles. The molecule has 8 heteroatoms. The first kappa shape index (κ1) is 14.5. The third-order valence-corrected chi connectivity index (χ3v) is 3.17. The number of fused-ring (bicyclic) bond motifs is 1. The van der Waals surface area contributed by atoms with Crippen LogP contribution in [-0.2, 0) is 22.6 Å². The average Bonchev–Trinajstić information content (AvgIpc) is 3.02. The molecule has 1 aliphatic rings.